The average Bonchev–Trinajstić information content (AvgIpc) is 2.61. The lowest BCUT2D eigenvalue weighted by Crippen LogP contribution is -2.21. The Bertz CT molecular complexity index is 510. The number of aromatic nitrogens is 1. The quantitative estimate of drug-likeness (QED) is 0.801. The molecular formula is C14H18ClNO. The van der Waals surface area contributed by atoms with Crippen LogP contribution in [0.15, 0.2) is 30.5 Å². The Balaban J connectivity index is 2.14. The Morgan fingerprint density at radius 3 is 2.71 bits per heavy atom. The highest BCUT2D eigenvalue weighted by atomic mass is 35.5. The smallest absolute Gasteiger partial charge is 0.0670 e. The zero-order valence-corrected chi connectivity index (χ0v) is 11.3. The van der Waals surface area contributed by atoms with Crippen LogP contribution in [0.4, 0.5) is 0 Å². The number of hydrogen-bond acceptors (Lipinski definition) is 1. The van der Waals surface area contributed by atoms with Gasteiger partial charge in [0.1, 0.15) is 0 Å². The van der Waals surface area contributed by atoms with Crippen molar-refractivity contribution < 1.29 is 4.74 Å². The second-order valence-electron chi connectivity index (χ2n) is 5.15. The van der Waals surface area contributed by atoms with Crippen LogP contribution in [0.25, 0.3) is 10.9 Å². The highest BCUT2D eigenvalue weighted by molar-refractivity contribution is 6.35. The minimum Gasteiger partial charge on any atom is -0.374 e. The molecule has 0 amide bonds. The van der Waals surface area contributed by atoms with E-state index in [0.717, 1.165) is 17.1 Å². The summed E-state index contributed by atoms with van der Waals surface area (Å²) in [6.07, 6.45) is 2.06. The van der Waals surface area contributed by atoms with Crippen LogP contribution in [0.5, 0.6) is 0 Å². The Morgan fingerprint density at radius 1 is 1.24 bits per heavy atom. The van der Waals surface area contributed by atoms with Crippen molar-refractivity contribution in [2.45, 2.75) is 32.9 Å². The van der Waals surface area contributed by atoms with Crippen molar-refractivity contribution in [3.05, 3.63) is 35.5 Å². The fourth-order valence-corrected chi connectivity index (χ4v) is 2.14. The lowest BCUT2D eigenvalue weighted by atomic mass is 10.2. The molecule has 3 heteroatoms. The third-order valence-electron chi connectivity index (χ3n) is 2.61. The van der Waals surface area contributed by atoms with Gasteiger partial charge in [0.25, 0.3) is 0 Å². The minimum absolute atomic E-state index is 0.0905. The molecule has 1 aromatic carbocycles. The molecule has 0 fully saturated rings. The second-order valence-corrected chi connectivity index (χ2v) is 5.55. The van der Waals surface area contributed by atoms with Gasteiger partial charge in [-0.25, -0.2) is 0 Å². The predicted octanol–water partition coefficient (Wildman–Crippen LogP) is 4.11. The lowest BCUT2D eigenvalue weighted by Gasteiger charge is -2.19. The molecule has 0 spiro atoms. The first kappa shape index (κ1) is 12.5. The molecule has 17 heavy (non-hydrogen) atoms. The Kier molecular flexibility index (Phi) is 3.45. The molecule has 1 heterocycles. The highest BCUT2D eigenvalue weighted by Gasteiger charge is 2.10. The number of rotatable bonds is 3. The lowest BCUT2D eigenvalue weighted by molar-refractivity contribution is -0.00644. The fourth-order valence-electron chi connectivity index (χ4n) is 1.85. The topological polar surface area (TPSA) is 14.2 Å². The van der Waals surface area contributed by atoms with Crippen molar-refractivity contribution in [3.63, 3.8) is 0 Å². The molecular weight excluding hydrogens is 234 g/mol. The van der Waals surface area contributed by atoms with Crippen molar-refractivity contribution in [1.82, 2.24) is 4.57 Å². The largest absolute Gasteiger partial charge is 0.374 e. The van der Waals surface area contributed by atoms with Crippen LogP contribution >= 0.6 is 11.6 Å². The first-order valence-electron chi connectivity index (χ1n) is 5.85. The molecule has 0 atom stereocenters. The summed E-state index contributed by atoms with van der Waals surface area (Å²) in [6, 6.07) is 8.05. The maximum atomic E-state index is 6.21. The average molecular weight is 252 g/mol. The molecule has 0 bridgehead atoms. The van der Waals surface area contributed by atoms with Crippen LogP contribution in [-0.4, -0.2) is 16.8 Å². The Morgan fingerprint density at radius 2 is 2.00 bits per heavy atom. The summed E-state index contributed by atoms with van der Waals surface area (Å²) >= 11 is 6.21. The molecule has 0 saturated heterocycles. The number of halogens is 1. The van der Waals surface area contributed by atoms with Gasteiger partial charge in [-0.3, -0.25) is 0 Å². The van der Waals surface area contributed by atoms with E-state index in [4.69, 9.17) is 16.3 Å². The fraction of sp³-hybridized carbons (Fsp3) is 0.429. The second kappa shape index (κ2) is 4.71. The van der Waals surface area contributed by atoms with Gasteiger partial charge < -0.3 is 9.30 Å². The van der Waals surface area contributed by atoms with Gasteiger partial charge in [-0.15, -0.1) is 0 Å². The van der Waals surface area contributed by atoms with Crippen molar-refractivity contribution in [2.24, 2.45) is 0 Å². The van der Waals surface area contributed by atoms with Gasteiger partial charge in [-0.2, -0.15) is 0 Å². The summed E-state index contributed by atoms with van der Waals surface area (Å²) in [5, 5.41) is 1.97. The zero-order valence-electron chi connectivity index (χ0n) is 10.5. The van der Waals surface area contributed by atoms with Crippen molar-refractivity contribution >= 4 is 22.5 Å². The maximum Gasteiger partial charge on any atom is 0.0670 e. The molecule has 0 N–H and O–H groups in total. The highest BCUT2D eigenvalue weighted by Crippen LogP contribution is 2.24. The number of para-hydroxylation sites is 1. The van der Waals surface area contributed by atoms with Crippen molar-refractivity contribution in [1.29, 1.82) is 0 Å². The van der Waals surface area contributed by atoms with E-state index in [1.165, 1.54) is 5.39 Å². The molecule has 0 unspecified atom stereocenters. The van der Waals surface area contributed by atoms with E-state index in [1.54, 1.807) is 0 Å². The van der Waals surface area contributed by atoms with Gasteiger partial charge >= 0.3 is 0 Å². The third kappa shape index (κ3) is 3.02. The molecule has 1 aromatic heterocycles. The number of hydrogen-bond donors (Lipinski definition) is 0. The predicted molar refractivity (Wildman–Crippen MR) is 72.7 cm³/mol. The van der Waals surface area contributed by atoms with E-state index < -0.39 is 0 Å². The van der Waals surface area contributed by atoms with Crippen LogP contribution in [0.3, 0.4) is 0 Å². The normalized spacial score (nSPS) is 12.2. The Labute approximate surface area is 107 Å². The maximum absolute atomic E-state index is 6.21. The monoisotopic (exact) mass is 251 g/mol. The van der Waals surface area contributed by atoms with Crippen LogP contribution in [-0.2, 0) is 11.3 Å². The van der Waals surface area contributed by atoms with Crippen molar-refractivity contribution in [2.75, 3.05) is 6.61 Å². The summed E-state index contributed by atoms with van der Waals surface area (Å²) in [5.74, 6) is 0. The number of fused-ring (bicyclic) bond motifs is 1. The molecule has 2 nitrogen and oxygen atoms in total. The van der Waals surface area contributed by atoms with Crippen molar-refractivity contribution in [3.8, 4) is 0 Å². The van der Waals surface area contributed by atoms with Gasteiger partial charge in [-0.1, -0.05) is 23.7 Å². The first-order valence-corrected chi connectivity index (χ1v) is 6.22. The number of nitrogens with zero attached hydrogens (tertiary/aromatic N) is 1. The summed E-state index contributed by atoms with van der Waals surface area (Å²) in [6.45, 7) is 7.71. The number of benzene rings is 1. The summed E-state index contributed by atoms with van der Waals surface area (Å²) in [7, 11) is 0. The Hall–Kier alpha value is -0.990. The third-order valence-corrected chi connectivity index (χ3v) is 2.91. The molecule has 2 aromatic rings. The molecule has 0 aliphatic rings. The van der Waals surface area contributed by atoms with Crippen LogP contribution in [0, 0.1) is 0 Å². The zero-order chi connectivity index (χ0) is 12.5. The van der Waals surface area contributed by atoms with E-state index >= 15 is 0 Å². The van der Waals surface area contributed by atoms with Crippen LogP contribution in [0.2, 0.25) is 5.02 Å². The molecule has 0 aliphatic carbocycles. The summed E-state index contributed by atoms with van der Waals surface area (Å²) in [5.41, 5.74) is 0.999. The molecule has 2 rings (SSSR count). The van der Waals surface area contributed by atoms with E-state index in [-0.39, 0.29) is 5.60 Å². The van der Waals surface area contributed by atoms with Gasteiger partial charge in [0.15, 0.2) is 0 Å². The van der Waals surface area contributed by atoms with E-state index in [9.17, 15) is 0 Å². The van der Waals surface area contributed by atoms with Crippen LogP contribution < -0.4 is 0 Å². The molecule has 0 saturated carbocycles. The van der Waals surface area contributed by atoms with Gasteiger partial charge in [0.05, 0.1) is 22.7 Å². The van der Waals surface area contributed by atoms with Gasteiger partial charge in [-0.05, 0) is 32.9 Å². The summed E-state index contributed by atoms with van der Waals surface area (Å²) < 4.78 is 7.87. The van der Waals surface area contributed by atoms with E-state index in [2.05, 4.69) is 43.7 Å². The first-order chi connectivity index (χ1) is 7.97. The van der Waals surface area contributed by atoms with E-state index in [0.29, 0.717) is 6.61 Å². The number of ether oxygens (including phenoxy) is 1. The van der Waals surface area contributed by atoms with Gasteiger partial charge in [0, 0.05) is 18.1 Å². The SMILES string of the molecule is CC(C)(C)OCCn1ccc2cccc(Cl)c21. The van der Waals surface area contributed by atoms with E-state index in [1.807, 2.05) is 12.1 Å². The molecule has 0 aliphatic heterocycles. The molecule has 0 radical (unpaired) electrons. The minimum atomic E-state index is -0.0905. The standard InChI is InChI=1S/C14H18ClNO/c1-14(2,3)17-10-9-16-8-7-11-5-4-6-12(15)13(11)16/h4-8H,9-10H2,1-3H3. The van der Waals surface area contributed by atoms with Gasteiger partial charge in [0.2, 0.25) is 0 Å². The summed E-state index contributed by atoms with van der Waals surface area (Å²) in [4.78, 5) is 0. The molecule has 92 valence electrons. The van der Waals surface area contributed by atoms with Crippen LogP contribution in [0.1, 0.15) is 20.8 Å².